The molecule has 0 saturated carbocycles. The van der Waals surface area contributed by atoms with Crippen LogP contribution in [0.3, 0.4) is 0 Å². The summed E-state index contributed by atoms with van der Waals surface area (Å²) in [6.07, 6.45) is 1.62. The highest BCUT2D eigenvalue weighted by Crippen LogP contribution is 2.48. The Morgan fingerprint density at radius 2 is 1.97 bits per heavy atom. The first-order chi connectivity index (χ1) is 14.5. The number of aromatic hydroxyl groups is 1. The van der Waals surface area contributed by atoms with Gasteiger partial charge in [-0.15, -0.1) is 0 Å². The molecule has 0 unspecified atom stereocenters. The number of ether oxygens (including phenoxy) is 4. The van der Waals surface area contributed by atoms with Crippen molar-refractivity contribution in [3.63, 3.8) is 0 Å². The quantitative estimate of drug-likeness (QED) is 0.729. The predicted molar refractivity (Wildman–Crippen MR) is 109 cm³/mol. The maximum Gasteiger partial charge on any atom is 0.178 e. The van der Waals surface area contributed by atoms with Gasteiger partial charge in [0.15, 0.2) is 17.3 Å². The zero-order valence-electron chi connectivity index (χ0n) is 17.1. The van der Waals surface area contributed by atoms with Gasteiger partial charge in [0, 0.05) is 17.2 Å². The first-order valence-electron chi connectivity index (χ1n) is 9.69. The third kappa shape index (κ3) is 3.25. The second-order valence-corrected chi connectivity index (χ2v) is 7.41. The monoisotopic (exact) mass is 412 g/mol. The molecule has 4 rings (SSSR count). The Kier molecular flexibility index (Phi) is 5.30. The molecule has 0 amide bonds. The highest BCUT2D eigenvalue weighted by molar-refractivity contribution is 6.05. The van der Waals surface area contributed by atoms with Crippen molar-refractivity contribution in [2.24, 2.45) is 0 Å². The van der Waals surface area contributed by atoms with Gasteiger partial charge in [-0.05, 0) is 31.5 Å². The molecule has 7 nitrogen and oxygen atoms in total. The maximum absolute atomic E-state index is 13.5. The average Bonchev–Trinajstić information content (AvgIpc) is 2.76. The number of phenols is 1. The lowest BCUT2D eigenvalue weighted by molar-refractivity contribution is 0.0553. The van der Waals surface area contributed by atoms with Crippen molar-refractivity contribution in [2.45, 2.75) is 25.4 Å². The van der Waals surface area contributed by atoms with Gasteiger partial charge < -0.3 is 29.2 Å². The Labute approximate surface area is 174 Å². The fourth-order valence-electron chi connectivity index (χ4n) is 3.93. The minimum absolute atomic E-state index is 0.0468. The van der Waals surface area contributed by atoms with E-state index >= 15 is 0 Å². The van der Waals surface area contributed by atoms with E-state index < -0.39 is 12.0 Å². The van der Waals surface area contributed by atoms with Gasteiger partial charge in [0.2, 0.25) is 0 Å². The standard InChI is InChI=1S/C23H24O7/c1-12(10-24)4-5-13-16(25)7-6-14-22(26)21-15-8-18(27-2)19(28-3)9-17(15)29-11-20(21)30-23(13)14/h4,6-9,20-21,24-25H,5,10-11H2,1-3H3/t20-,21+/m1/s1. The number of aliphatic hydroxyl groups excluding tert-OH is 1. The molecule has 2 aromatic rings. The Hall–Kier alpha value is -3.19. The molecule has 7 heteroatoms. The summed E-state index contributed by atoms with van der Waals surface area (Å²) < 4.78 is 22.8. The summed E-state index contributed by atoms with van der Waals surface area (Å²) in [6, 6.07) is 6.57. The largest absolute Gasteiger partial charge is 0.508 e. The number of hydrogen-bond donors (Lipinski definition) is 2. The van der Waals surface area contributed by atoms with Crippen LogP contribution in [-0.2, 0) is 6.42 Å². The second-order valence-electron chi connectivity index (χ2n) is 7.41. The van der Waals surface area contributed by atoms with Crippen molar-refractivity contribution in [2.75, 3.05) is 27.4 Å². The molecule has 0 radical (unpaired) electrons. The summed E-state index contributed by atoms with van der Waals surface area (Å²) >= 11 is 0. The molecule has 2 aromatic carbocycles. The summed E-state index contributed by atoms with van der Waals surface area (Å²) in [7, 11) is 3.08. The minimum Gasteiger partial charge on any atom is -0.508 e. The van der Waals surface area contributed by atoms with E-state index in [1.807, 2.05) is 0 Å². The number of rotatable bonds is 5. The molecule has 0 aromatic heterocycles. The predicted octanol–water partition coefficient (Wildman–Crippen LogP) is 3.01. The molecule has 158 valence electrons. The Bertz CT molecular complexity index is 1020. The van der Waals surface area contributed by atoms with Gasteiger partial charge in [-0.2, -0.15) is 0 Å². The number of aliphatic hydroxyl groups is 1. The van der Waals surface area contributed by atoms with Gasteiger partial charge in [0.1, 0.15) is 30.0 Å². The third-order valence-corrected chi connectivity index (χ3v) is 5.58. The van der Waals surface area contributed by atoms with E-state index in [0.717, 1.165) is 5.57 Å². The number of carbonyl (C=O) groups excluding carboxylic acids is 1. The molecule has 0 bridgehead atoms. The topological polar surface area (TPSA) is 94.5 Å². The highest BCUT2D eigenvalue weighted by Gasteiger charge is 2.44. The van der Waals surface area contributed by atoms with Gasteiger partial charge in [0.05, 0.1) is 32.3 Å². The van der Waals surface area contributed by atoms with Crippen LogP contribution in [-0.4, -0.2) is 49.5 Å². The smallest absolute Gasteiger partial charge is 0.178 e. The van der Waals surface area contributed by atoms with Crippen LogP contribution in [0.4, 0.5) is 0 Å². The summed E-state index contributed by atoms with van der Waals surface area (Å²) in [6.45, 7) is 1.91. The highest BCUT2D eigenvalue weighted by atomic mass is 16.5. The van der Waals surface area contributed by atoms with E-state index in [0.29, 0.717) is 46.1 Å². The lowest BCUT2D eigenvalue weighted by atomic mass is 9.81. The van der Waals surface area contributed by atoms with Crippen molar-refractivity contribution in [3.8, 4) is 28.7 Å². The van der Waals surface area contributed by atoms with E-state index in [-0.39, 0.29) is 24.7 Å². The summed E-state index contributed by atoms with van der Waals surface area (Å²) in [5, 5.41) is 19.6. The van der Waals surface area contributed by atoms with Crippen LogP contribution in [0.25, 0.3) is 0 Å². The molecule has 0 spiro atoms. The van der Waals surface area contributed by atoms with Crippen LogP contribution in [0.15, 0.2) is 35.9 Å². The summed E-state index contributed by atoms with van der Waals surface area (Å²) in [4.78, 5) is 13.5. The maximum atomic E-state index is 13.5. The minimum atomic E-state index is -0.548. The number of carbonyl (C=O) groups is 1. The van der Waals surface area contributed by atoms with E-state index in [2.05, 4.69) is 0 Å². The third-order valence-electron chi connectivity index (χ3n) is 5.58. The molecule has 0 saturated heterocycles. The number of benzene rings is 2. The molecule has 0 aliphatic carbocycles. The number of phenolic OH excluding ortho intramolecular Hbond substituents is 1. The van der Waals surface area contributed by atoms with Crippen molar-refractivity contribution < 1.29 is 34.0 Å². The van der Waals surface area contributed by atoms with Crippen LogP contribution in [0.5, 0.6) is 28.7 Å². The fraction of sp³-hybridized carbons (Fsp3) is 0.348. The van der Waals surface area contributed by atoms with Crippen LogP contribution < -0.4 is 18.9 Å². The number of allylic oxidation sites excluding steroid dienone is 1. The Balaban J connectivity index is 1.78. The van der Waals surface area contributed by atoms with Gasteiger partial charge in [-0.1, -0.05) is 11.6 Å². The van der Waals surface area contributed by atoms with Crippen molar-refractivity contribution in [3.05, 3.63) is 52.6 Å². The zero-order valence-corrected chi connectivity index (χ0v) is 17.1. The normalized spacial score (nSPS) is 19.7. The SMILES string of the molecule is COc1cc2c(cc1OC)[C@@H]1C(=O)c3ccc(O)c(CC=C(C)CO)c3O[C@@H]1CO2. The summed E-state index contributed by atoms with van der Waals surface area (Å²) in [5.74, 6) is 1.37. The lowest BCUT2D eigenvalue weighted by Gasteiger charge is -2.38. The molecule has 30 heavy (non-hydrogen) atoms. The first kappa shape index (κ1) is 20.1. The summed E-state index contributed by atoms with van der Waals surface area (Å²) in [5.41, 5.74) is 2.39. The van der Waals surface area contributed by atoms with E-state index in [4.69, 9.17) is 18.9 Å². The Morgan fingerprint density at radius 1 is 1.23 bits per heavy atom. The molecule has 0 fully saturated rings. The number of ketones is 1. The van der Waals surface area contributed by atoms with Crippen molar-refractivity contribution in [1.29, 1.82) is 0 Å². The molecule has 2 atom stereocenters. The first-order valence-corrected chi connectivity index (χ1v) is 9.69. The van der Waals surface area contributed by atoms with E-state index in [1.54, 1.807) is 38.3 Å². The lowest BCUT2D eigenvalue weighted by Crippen LogP contribution is -2.43. The molecule has 2 N–H and O–H groups in total. The van der Waals surface area contributed by atoms with Crippen LogP contribution in [0.1, 0.15) is 34.3 Å². The van der Waals surface area contributed by atoms with Crippen LogP contribution >= 0.6 is 0 Å². The van der Waals surface area contributed by atoms with Crippen molar-refractivity contribution >= 4 is 5.78 Å². The number of fused-ring (bicyclic) bond motifs is 4. The molecule has 2 aliphatic rings. The fourth-order valence-corrected chi connectivity index (χ4v) is 3.93. The van der Waals surface area contributed by atoms with Crippen LogP contribution in [0.2, 0.25) is 0 Å². The zero-order chi connectivity index (χ0) is 21.4. The molecule has 2 aliphatic heterocycles. The molecule has 2 heterocycles. The van der Waals surface area contributed by atoms with Gasteiger partial charge in [-0.3, -0.25) is 4.79 Å². The van der Waals surface area contributed by atoms with Gasteiger partial charge in [-0.25, -0.2) is 0 Å². The number of methoxy groups -OCH3 is 2. The number of hydrogen-bond acceptors (Lipinski definition) is 7. The van der Waals surface area contributed by atoms with E-state index in [9.17, 15) is 15.0 Å². The van der Waals surface area contributed by atoms with Gasteiger partial charge in [0.25, 0.3) is 0 Å². The van der Waals surface area contributed by atoms with Gasteiger partial charge >= 0.3 is 0 Å². The molecular weight excluding hydrogens is 388 g/mol. The second kappa shape index (κ2) is 7.91. The Morgan fingerprint density at radius 3 is 2.67 bits per heavy atom. The molecular formula is C23H24O7. The van der Waals surface area contributed by atoms with E-state index in [1.165, 1.54) is 13.2 Å². The van der Waals surface area contributed by atoms with Crippen molar-refractivity contribution in [1.82, 2.24) is 0 Å². The number of Topliss-reactive ketones (excluding diaryl/α,β-unsaturated/α-hetero) is 1. The average molecular weight is 412 g/mol. The van der Waals surface area contributed by atoms with Crippen LogP contribution in [0, 0.1) is 0 Å².